The van der Waals surface area contributed by atoms with Gasteiger partial charge in [0.05, 0.1) is 16.6 Å². The number of hydrogen-bond acceptors (Lipinski definition) is 4. The number of nitrogens with zero attached hydrogens (tertiary/aromatic N) is 4. The number of furan rings is 1. The predicted octanol–water partition coefficient (Wildman–Crippen LogP) is 15.6. The molecule has 3 aromatic heterocycles. The lowest BCUT2D eigenvalue weighted by molar-refractivity contribution is 0.670. The van der Waals surface area contributed by atoms with Crippen molar-refractivity contribution in [2.75, 3.05) is 0 Å². The summed E-state index contributed by atoms with van der Waals surface area (Å²) in [5.41, 5.74) is 7.65. The fraction of sp³-hybridized carbons (Fsp3) is 0. The average molecular weight is 815 g/mol. The SMILES string of the molecule is c1ccc2cc(-c3nc(-c4ccc5c(ccc6ccccc65)c4)nc(-c4cccc5c4oc4ccc6ccc(-n7c8ccccc8c8cc9ccccc9cc87)cc6c45)n3)ccc2c1. The first-order valence-electron chi connectivity index (χ1n) is 21.7. The Labute approximate surface area is 366 Å². The smallest absolute Gasteiger partial charge is 0.167 e. The Morgan fingerprint density at radius 2 is 0.906 bits per heavy atom. The van der Waals surface area contributed by atoms with Gasteiger partial charge in [-0.3, -0.25) is 0 Å². The number of rotatable bonds is 4. The number of hydrogen-bond donors (Lipinski definition) is 0. The van der Waals surface area contributed by atoms with Crippen LogP contribution in [-0.4, -0.2) is 19.5 Å². The fourth-order valence-electron chi connectivity index (χ4n) is 10.1. The van der Waals surface area contributed by atoms with E-state index in [9.17, 15) is 0 Å². The summed E-state index contributed by atoms with van der Waals surface area (Å²) in [6.45, 7) is 0. The molecule has 5 heteroatoms. The van der Waals surface area contributed by atoms with Crippen molar-refractivity contribution in [2.45, 2.75) is 0 Å². The van der Waals surface area contributed by atoms with Gasteiger partial charge in [0.1, 0.15) is 11.2 Å². The fourth-order valence-corrected chi connectivity index (χ4v) is 10.1. The van der Waals surface area contributed by atoms with Gasteiger partial charge in [0, 0.05) is 38.4 Å². The van der Waals surface area contributed by atoms with Gasteiger partial charge in [0.15, 0.2) is 17.5 Å². The molecule has 11 aromatic carbocycles. The van der Waals surface area contributed by atoms with Gasteiger partial charge in [0.25, 0.3) is 0 Å². The quantitative estimate of drug-likeness (QED) is 0.166. The Morgan fingerprint density at radius 1 is 0.328 bits per heavy atom. The maximum Gasteiger partial charge on any atom is 0.167 e. The summed E-state index contributed by atoms with van der Waals surface area (Å²) in [6, 6.07) is 73.5. The molecule has 5 nitrogen and oxygen atoms in total. The van der Waals surface area contributed by atoms with Crippen molar-refractivity contribution in [3.05, 3.63) is 206 Å². The van der Waals surface area contributed by atoms with E-state index in [2.05, 4.69) is 211 Å². The summed E-state index contributed by atoms with van der Waals surface area (Å²) in [5.74, 6) is 1.76. The van der Waals surface area contributed by atoms with Crippen LogP contribution in [0.4, 0.5) is 0 Å². The van der Waals surface area contributed by atoms with Crippen molar-refractivity contribution >= 4 is 97.6 Å². The molecule has 0 fully saturated rings. The highest BCUT2D eigenvalue weighted by Crippen LogP contribution is 2.42. The molecule has 296 valence electrons. The maximum atomic E-state index is 6.91. The second-order valence-electron chi connectivity index (χ2n) is 16.8. The largest absolute Gasteiger partial charge is 0.455 e. The highest BCUT2D eigenvalue weighted by molar-refractivity contribution is 6.21. The highest BCUT2D eigenvalue weighted by atomic mass is 16.3. The lowest BCUT2D eigenvalue weighted by atomic mass is 10.00. The monoisotopic (exact) mass is 814 g/mol. The van der Waals surface area contributed by atoms with Crippen molar-refractivity contribution in [1.82, 2.24) is 19.5 Å². The minimum Gasteiger partial charge on any atom is -0.455 e. The van der Waals surface area contributed by atoms with E-state index in [0.717, 1.165) is 71.2 Å². The summed E-state index contributed by atoms with van der Waals surface area (Å²) in [7, 11) is 0. The summed E-state index contributed by atoms with van der Waals surface area (Å²) in [4.78, 5) is 15.7. The van der Waals surface area contributed by atoms with Gasteiger partial charge in [-0.1, -0.05) is 152 Å². The summed E-state index contributed by atoms with van der Waals surface area (Å²) >= 11 is 0. The van der Waals surface area contributed by atoms with E-state index in [0.29, 0.717) is 17.5 Å². The molecule has 64 heavy (non-hydrogen) atoms. The van der Waals surface area contributed by atoms with Crippen molar-refractivity contribution in [1.29, 1.82) is 0 Å². The molecule has 0 spiro atoms. The summed E-state index contributed by atoms with van der Waals surface area (Å²) < 4.78 is 9.31. The van der Waals surface area contributed by atoms with Gasteiger partial charge in [-0.05, 0) is 108 Å². The molecular weight excluding hydrogens is 781 g/mol. The van der Waals surface area contributed by atoms with Crippen LogP contribution in [0.2, 0.25) is 0 Å². The molecule has 3 heterocycles. The van der Waals surface area contributed by atoms with Crippen molar-refractivity contribution in [2.24, 2.45) is 0 Å². The van der Waals surface area contributed by atoms with Crippen molar-refractivity contribution < 1.29 is 4.42 Å². The first kappa shape index (κ1) is 35.0. The van der Waals surface area contributed by atoms with Gasteiger partial charge in [-0.25, -0.2) is 15.0 Å². The molecule has 0 N–H and O–H groups in total. The minimum absolute atomic E-state index is 0.555. The first-order chi connectivity index (χ1) is 31.7. The number of aromatic nitrogens is 4. The third-order valence-electron chi connectivity index (χ3n) is 13.1. The lowest BCUT2D eigenvalue weighted by Crippen LogP contribution is -2.00. The third-order valence-corrected chi connectivity index (χ3v) is 13.1. The van der Waals surface area contributed by atoms with E-state index in [-0.39, 0.29) is 0 Å². The number of fused-ring (bicyclic) bond motifs is 13. The van der Waals surface area contributed by atoms with Crippen LogP contribution in [0.15, 0.2) is 211 Å². The molecule has 0 amide bonds. The predicted molar refractivity (Wildman–Crippen MR) is 265 cm³/mol. The molecule has 0 aliphatic rings. The van der Waals surface area contributed by atoms with E-state index in [1.807, 2.05) is 0 Å². The second kappa shape index (κ2) is 13.4. The Hall–Kier alpha value is -8.67. The first-order valence-corrected chi connectivity index (χ1v) is 21.7. The van der Waals surface area contributed by atoms with Crippen LogP contribution in [0, 0.1) is 0 Å². The van der Waals surface area contributed by atoms with E-state index < -0.39 is 0 Å². The van der Waals surface area contributed by atoms with Gasteiger partial charge in [-0.15, -0.1) is 0 Å². The Bertz CT molecular complexity index is 4270. The van der Waals surface area contributed by atoms with Crippen LogP contribution in [0.25, 0.3) is 137 Å². The van der Waals surface area contributed by atoms with Crippen molar-refractivity contribution in [3.8, 4) is 39.9 Å². The second-order valence-corrected chi connectivity index (χ2v) is 16.8. The molecule has 0 radical (unpaired) electrons. The normalized spacial score (nSPS) is 12.1. The van der Waals surface area contributed by atoms with Gasteiger partial charge in [0.2, 0.25) is 0 Å². The molecule has 14 aromatic rings. The molecule has 0 saturated heterocycles. The topological polar surface area (TPSA) is 56.7 Å². The Morgan fingerprint density at radius 3 is 1.75 bits per heavy atom. The average Bonchev–Trinajstić information content (AvgIpc) is 3.91. The number of benzene rings is 11. The molecule has 0 unspecified atom stereocenters. The number of para-hydroxylation sites is 2. The van der Waals surface area contributed by atoms with Crippen LogP contribution in [0.1, 0.15) is 0 Å². The molecule has 14 rings (SSSR count). The molecule has 0 aliphatic heterocycles. The summed E-state index contributed by atoms with van der Waals surface area (Å²) in [5, 5.41) is 16.3. The third kappa shape index (κ3) is 5.28. The van der Waals surface area contributed by atoms with Crippen LogP contribution < -0.4 is 0 Å². The van der Waals surface area contributed by atoms with E-state index in [1.54, 1.807) is 0 Å². The zero-order chi connectivity index (χ0) is 41.9. The molecular formula is C59H34N4O. The minimum atomic E-state index is 0.555. The molecule has 0 aliphatic carbocycles. The van der Waals surface area contributed by atoms with Crippen LogP contribution >= 0.6 is 0 Å². The van der Waals surface area contributed by atoms with Crippen LogP contribution in [0.3, 0.4) is 0 Å². The molecule has 0 atom stereocenters. The van der Waals surface area contributed by atoms with Gasteiger partial charge >= 0.3 is 0 Å². The lowest BCUT2D eigenvalue weighted by Gasteiger charge is -2.11. The molecule has 0 bridgehead atoms. The zero-order valence-corrected chi connectivity index (χ0v) is 34.3. The van der Waals surface area contributed by atoms with E-state index in [1.165, 1.54) is 48.7 Å². The summed E-state index contributed by atoms with van der Waals surface area (Å²) in [6.07, 6.45) is 0. The van der Waals surface area contributed by atoms with E-state index >= 15 is 0 Å². The Balaban J connectivity index is 0.979. The zero-order valence-electron chi connectivity index (χ0n) is 34.3. The van der Waals surface area contributed by atoms with Gasteiger partial charge < -0.3 is 8.98 Å². The Kier molecular flexibility index (Phi) is 7.33. The van der Waals surface area contributed by atoms with Crippen molar-refractivity contribution in [3.63, 3.8) is 0 Å². The molecule has 0 saturated carbocycles. The van der Waals surface area contributed by atoms with Crippen LogP contribution in [-0.2, 0) is 0 Å². The highest BCUT2D eigenvalue weighted by Gasteiger charge is 2.21. The van der Waals surface area contributed by atoms with Crippen LogP contribution in [0.5, 0.6) is 0 Å². The maximum absolute atomic E-state index is 6.91. The van der Waals surface area contributed by atoms with E-state index in [4.69, 9.17) is 19.4 Å². The standard InChI is InChI=1S/C59H34N4O/c1-2-12-38-30-42(23-20-35(38)10-1)57-60-58(43-25-28-46-41(31-43)22-21-36-11-5-6-15-45(36)46)62-59(61-57)49-18-9-17-48-55-50-34-44(27-24-37(50)26-29-54(55)64-56(48)49)63-52-19-8-7-16-47(52)51-32-39-13-3-4-14-40(39)33-53(51)63/h1-34H. The van der Waals surface area contributed by atoms with Gasteiger partial charge in [-0.2, -0.15) is 0 Å².